The molecule has 2 rings (SSSR count). The van der Waals surface area contributed by atoms with Crippen molar-refractivity contribution in [1.29, 1.82) is 0 Å². The summed E-state index contributed by atoms with van der Waals surface area (Å²) >= 11 is 0. The quantitative estimate of drug-likeness (QED) is 0.762. The van der Waals surface area contributed by atoms with E-state index in [4.69, 9.17) is 9.47 Å². The Bertz CT molecular complexity index is 840. The Labute approximate surface area is 151 Å². The molecule has 2 amide bonds. The van der Waals surface area contributed by atoms with Gasteiger partial charge in [0.1, 0.15) is 0 Å². The molecule has 0 bridgehead atoms. The summed E-state index contributed by atoms with van der Waals surface area (Å²) in [6.07, 6.45) is -5.21. The van der Waals surface area contributed by atoms with Crippen LogP contribution in [0.25, 0.3) is 0 Å². The molecule has 0 saturated heterocycles. The highest BCUT2D eigenvalue weighted by atomic mass is 19.4. The van der Waals surface area contributed by atoms with Crippen LogP contribution >= 0.6 is 0 Å². The molecule has 0 saturated carbocycles. The Kier molecular flexibility index (Phi) is 5.78. The molecule has 7 nitrogen and oxygen atoms in total. The molecule has 0 heterocycles. The first-order valence-corrected chi connectivity index (χ1v) is 7.41. The Morgan fingerprint density at radius 3 is 2.07 bits per heavy atom. The van der Waals surface area contributed by atoms with Crippen LogP contribution in [0.4, 0.5) is 29.3 Å². The summed E-state index contributed by atoms with van der Waals surface area (Å²) in [5, 5.41) is 11.4. The van der Waals surface area contributed by atoms with Crippen LogP contribution in [0.3, 0.4) is 0 Å². The van der Waals surface area contributed by atoms with Gasteiger partial charge >= 0.3 is 18.3 Å². The highest BCUT2D eigenvalue weighted by molar-refractivity contribution is 6.07. The van der Waals surface area contributed by atoms with E-state index in [0.717, 1.165) is 12.1 Å². The smallest absolute Gasteiger partial charge is 0.493 e. The standard InChI is InChI=1S/C17H15F3N2O5/c1-26-13-8-11(15(23)24)12(9-14(13)27-2)22(17(18,19)20)16(25)21-10-6-4-3-5-7-10/h3-9H,1-2H3,(H,21,25)(H,23,24). The van der Waals surface area contributed by atoms with Crippen LogP contribution in [-0.4, -0.2) is 37.6 Å². The molecule has 2 aromatic rings. The van der Waals surface area contributed by atoms with Crippen LogP contribution < -0.4 is 19.7 Å². The van der Waals surface area contributed by atoms with E-state index >= 15 is 0 Å². The number of methoxy groups -OCH3 is 2. The van der Waals surface area contributed by atoms with Crippen molar-refractivity contribution >= 4 is 23.4 Å². The molecule has 0 unspecified atom stereocenters. The van der Waals surface area contributed by atoms with Crippen molar-refractivity contribution in [2.45, 2.75) is 6.30 Å². The van der Waals surface area contributed by atoms with Gasteiger partial charge in [-0.15, -0.1) is 13.2 Å². The number of hydrogen-bond donors (Lipinski definition) is 2. The van der Waals surface area contributed by atoms with Crippen molar-refractivity contribution < 1.29 is 37.3 Å². The maximum atomic E-state index is 13.6. The van der Waals surface area contributed by atoms with E-state index in [1.54, 1.807) is 6.07 Å². The van der Waals surface area contributed by atoms with Crippen molar-refractivity contribution in [3.63, 3.8) is 0 Å². The lowest BCUT2D eigenvalue weighted by molar-refractivity contribution is -0.120. The number of benzene rings is 2. The maximum Gasteiger partial charge on any atom is 0.493 e. The van der Waals surface area contributed by atoms with E-state index in [9.17, 15) is 27.9 Å². The molecule has 27 heavy (non-hydrogen) atoms. The summed E-state index contributed by atoms with van der Waals surface area (Å²) in [4.78, 5) is 23.2. The van der Waals surface area contributed by atoms with E-state index in [2.05, 4.69) is 5.32 Å². The third-order valence-corrected chi connectivity index (χ3v) is 3.45. The minimum atomic E-state index is -5.21. The Morgan fingerprint density at radius 1 is 1.04 bits per heavy atom. The van der Waals surface area contributed by atoms with Gasteiger partial charge in [0, 0.05) is 17.8 Å². The number of urea groups is 1. The normalized spacial score (nSPS) is 10.9. The second-order valence-corrected chi connectivity index (χ2v) is 5.13. The van der Waals surface area contributed by atoms with Gasteiger partial charge in [0.25, 0.3) is 0 Å². The monoisotopic (exact) mass is 384 g/mol. The van der Waals surface area contributed by atoms with Crippen LogP contribution in [0.2, 0.25) is 0 Å². The van der Waals surface area contributed by atoms with E-state index < -0.39 is 34.5 Å². The van der Waals surface area contributed by atoms with Crippen LogP contribution in [0.5, 0.6) is 11.5 Å². The molecule has 144 valence electrons. The molecule has 10 heteroatoms. The number of carbonyl (C=O) groups is 2. The van der Waals surface area contributed by atoms with Gasteiger partial charge in [0.15, 0.2) is 11.5 Å². The third-order valence-electron chi connectivity index (χ3n) is 3.45. The summed E-state index contributed by atoms with van der Waals surface area (Å²) in [6, 6.07) is 7.49. The number of carbonyl (C=O) groups excluding carboxylic acids is 1. The SMILES string of the molecule is COc1cc(C(=O)O)c(N(C(=O)Nc2ccccc2)C(F)(F)F)cc1OC. The number of rotatable bonds is 5. The van der Waals surface area contributed by atoms with Gasteiger partial charge < -0.3 is 19.9 Å². The van der Waals surface area contributed by atoms with Crippen molar-refractivity contribution in [1.82, 2.24) is 0 Å². The Morgan fingerprint density at radius 2 is 1.59 bits per heavy atom. The molecule has 0 fully saturated rings. The topological polar surface area (TPSA) is 88.1 Å². The lowest BCUT2D eigenvalue weighted by Gasteiger charge is -2.27. The van der Waals surface area contributed by atoms with Crippen LogP contribution in [-0.2, 0) is 0 Å². The predicted molar refractivity (Wildman–Crippen MR) is 90.5 cm³/mol. The number of para-hydroxylation sites is 1. The number of carboxylic acid groups (broad SMARTS) is 1. The molecule has 0 radical (unpaired) electrons. The number of anilines is 2. The summed E-state index contributed by atoms with van der Waals surface area (Å²) in [5.41, 5.74) is -1.59. The first kappa shape index (κ1) is 19.9. The van der Waals surface area contributed by atoms with Crippen LogP contribution in [0.15, 0.2) is 42.5 Å². The zero-order chi connectivity index (χ0) is 20.2. The molecule has 0 spiro atoms. The average Bonchev–Trinajstić information content (AvgIpc) is 2.60. The van der Waals surface area contributed by atoms with Gasteiger partial charge in [-0.05, 0) is 12.1 Å². The van der Waals surface area contributed by atoms with E-state index in [-0.39, 0.29) is 17.2 Å². The number of aromatic carboxylic acids is 1. The fourth-order valence-corrected chi connectivity index (χ4v) is 2.29. The third kappa shape index (κ3) is 4.40. The number of carboxylic acids is 1. The van der Waals surface area contributed by atoms with Crippen LogP contribution in [0, 0.1) is 0 Å². The first-order chi connectivity index (χ1) is 12.7. The number of ether oxygens (including phenoxy) is 2. The largest absolute Gasteiger partial charge is 0.493 e. The zero-order valence-electron chi connectivity index (χ0n) is 14.2. The molecule has 0 aromatic heterocycles. The molecule has 0 aliphatic heterocycles. The minimum Gasteiger partial charge on any atom is -0.493 e. The number of amides is 2. The minimum absolute atomic E-state index is 0.0933. The molecule has 0 aliphatic rings. The second kappa shape index (κ2) is 7.85. The molecule has 2 N–H and O–H groups in total. The Balaban J connectivity index is 2.59. The first-order valence-electron chi connectivity index (χ1n) is 7.41. The number of hydrogen-bond acceptors (Lipinski definition) is 4. The van der Waals surface area contributed by atoms with Crippen LogP contribution in [0.1, 0.15) is 10.4 Å². The van der Waals surface area contributed by atoms with Crippen molar-refractivity contribution in [2.24, 2.45) is 0 Å². The number of halogens is 3. The molecule has 0 aliphatic carbocycles. The molecule has 2 aromatic carbocycles. The van der Waals surface area contributed by atoms with Gasteiger partial charge in [-0.2, -0.15) is 0 Å². The lowest BCUT2D eigenvalue weighted by Crippen LogP contribution is -2.46. The fourth-order valence-electron chi connectivity index (χ4n) is 2.29. The van der Waals surface area contributed by atoms with E-state index in [0.29, 0.717) is 0 Å². The molecular weight excluding hydrogens is 369 g/mol. The van der Waals surface area contributed by atoms with Gasteiger partial charge in [0.2, 0.25) is 0 Å². The second-order valence-electron chi connectivity index (χ2n) is 5.13. The van der Waals surface area contributed by atoms with E-state index in [1.807, 2.05) is 0 Å². The number of alkyl halides is 3. The molecule has 0 atom stereocenters. The van der Waals surface area contributed by atoms with Gasteiger partial charge in [-0.1, -0.05) is 18.2 Å². The highest BCUT2D eigenvalue weighted by Gasteiger charge is 2.44. The Hall–Kier alpha value is -3.43. The van der Waals surface area contributed by atoms with Crippen molar-refractivity contribution in [3.05, 3.63) is 48.0 Å². The number of nitrogens with one attached hydrogen (secondary N) is 1. The van der Waals surface area contributed by atoms with Crippen molar-refractivity contribution in [3.8, 4) is 11.5 Å². The van der Waals surface area contributed by atoms with Gasteiger partial charge in [0.05, 0.1) is 25.5 Å². The zero-order valence-corrected chi connectivity index (χ0v) is 14.2. The average molecular weight is 384 g/mol. The molecular formula is C17H15F3N2O5. The number of nitrogens with zero attached hydrogens (tertiary/aromatic N) is 1. The summed E-state index contributed by atoms with van der Waals surface area (Å²) in [6.45, 7) is 0. The lowest BCUT2D eigenvalue weighted by atomic mass is 10.1. The summed E-state index contributed by atoms with van der Waals surface area (Å²) in [5.74, 6) is -1.93. The summed E-state index contributed by atoms with van der Waals surface area (Å²) < 4.78 is 50.7. The highest BCUT2D eigenvalue weighted by Crippen LogP contribution is 2.39. The fraction of sp³-hybridized carbons (Fsp3) is 0.176. The summed E-state index contributed by atoms with van der Waals surface area (Å²) in [7, 11) is 2.37. The van der Waals surface area contributed by atoms with Gasteiger partial charge in [-0.3, -0.25) is 0 Å². The van der Waals surface area contributed by atoms with E-state index in [1.165, 1.54) is 38.5 Å². The maximum absolute atomic E-state index is 13.6. The van der Waals surface area contributed by atoms with Gasteiger partial charge in [-0.25, -0.2) is 14.5 Å². The van der Waals surface area contributed by atoms with Crippen molar-refractivity contribution in [2.75, 3.05) is 24.4 Å². The predicted octanol–water partition coefficient (Wildman–Crippen LogP) is 3.96.